The van der Waals surface area contributed by atoms with Crippen LogP contribution in [0.15, 0.2) is 18.2 Å². The standard InChI is InChI=1S/C15H18F3NO3/c1-5-11(20)9-7-6-8-10(15(16,17)18)12(9)19-13(21)22-14(2,3)4/h6-8H,5H2,1-4H3,(H,19,21). The highest BCUT2D eigenvalue weighted by Gasteiger charge is 2.36. The molecule has 0 unspecified atom stereocenters. The van der Waals surface area contributed by atoms with Crippen molar-refractivity contribution in [2.24, 2.45) is 0 Å². The number of carbonyl (C=O) groups is 2. The molecule has 0 aliphatic carbocycles. The summed E-state index contributed by atoms with van der Waals surface area (Å²) >= 11 is 0. The molecule has 7 heteroatoms. The summed E-state index contributed by atoms with van der Waals surface area (Å²) in [5.74, 6) is -0.503. The molecule has 122 valence electrons. The lowest BCUT2D eigenvalue weighted by atomic mass is 10.0. The fourth-order valence-electron chi connectivity index (χ4n) is 1.75. The zero-order valence-corrected chi connectivity index (χ0v) is 12.8. The summed E-state index contributed by atoms with van der Waals surface area (Å²) in [5.41, 5.74) is -2.72. The van der Waals surface area contributed by atoms with Crippen LogP contribution in [0.5, 0.6) is 0 Å². The molecular formula is C15H18F3NO3. The van der Waals surface area contributed by atoms with E-state index < -0.39 is 34.9 Å². The van der Waals surface area contributed by atoms with Crippen LogP contribution in [-0.4, -0.2) is 17.5 Å². The van der Waals surface area contributed by atoms with Gasteiger partial charge in [-0.15, -0.1) is 0 Å². The third kappa shape index (κ3) is 4.75. The van der Waals surface area contributed by atoms with Crippen molar-refractivity contribution in [2.75, 3.05) is 5.32 Å². The molecule has 22 heavy (non-hydrogen) atoms. The number of ether oxygens (including phenoxy) is 1. The van der Waals surface area contributed by atoms with Gasteiger partial charge in [-0.1, -0.05) is 13.0 Å². The van der Waals surface area contributed by atoms with E-state index in [-0.39, 0.29) is 12.0 Å². The van der Waals surface area contributed by atoms with Gasteiger partial charge >= 0.3 is 12.3 Å². The first kappa shape index (κ1) is 18.0. The second-order valence-electron chi connectivity index (χ2n) is 5.63. The molecule has 1 amide bonds. The summed E-state index contributed by atoms with van der Waals surface area (Å²) in [4.78, 5) is 23.6. The van der Waals surface area contributed by atoms with Crippen molar-refractivity contribution in [1.82, 2.24) is 0 Å². The van der Waals surface area contributed by atoms with Gasteiger partial charge in [-0.2, -0.15) is 13.2 Å². The topological polar surface area (TPSA) is 55.4 Å². The van der Waals surface area contributed by atoms with Crippen LogP contribution >= 0.6 is 0 Å². The normalized spacial score (nSPS) is 12.0. The van der Waals surface area contributed by atoms with E-state index in [1.807, 2.05) is 0 Å². The highest BCUT2D eigenvalue weighted by Crippen LogP contribution is 2.37. The maximum atomic E-state index is 13.1. The quantitative estimate of drug-likeness (QED) is 0.826. The van der Waals surface area contributed by atoms with Crippen LogP contribution < -0.4 is 5.32 Å². The number of anilines is 1. The van der Waals surface area contributed by atoms with Crippen molar-refractivity contribution >= 4 is 17.6 Å². The van der Waals surface area contributed by atoms with Crippen LogP contribution in [-0.2, 0) is 10.9 Å². The molecule has 0 fully saturated rings. The number of hydrogen-bond donors (Lipinski definition) is 1. The lowest BCUT2D eigenvalue weighted by Crippen LogP contribution is -2.28. The number of nitrogens with one attached hydrogen (secondary N) is 1. The first-order valence-electron chi connectivity index (χ1n) is 6.69. The van der Waals surface area contributed by atoms with Crippen LogP contribution in [0.1, 0.15) is 50.0 Å². The van der Waals surface area contributed by atoms with E-state index in [9.17, 15) is 22.8 Å². The third-order valence-corrected chi connectivity index (χ3v) is 2.62. The monoisotopic (exact) mass is 317 g/mol. The zero-order chi connectivity index (χ0) is 17.1. The van der Waals surface area contributed by atoms with Gasteiger partial charge in [0.25, 0.3) is 0 Å². The highest BCUT2D eigenvalue weighted by molar-refractivity contribution is 6.04. The van der Waals surface area contributed by atoms with Gasteiger partial charge < -0.3 is 4.74 Å². The Labute approximate surface area is 126 Å². The minimum Gasteiger partial charge on any atom is -0.444 e. The van der Waals surface area contributed by atoms with Gasteiger partial charge in [0.05, 0.1) is 11.3 Å². The number of para-hydroxylation sites is 1. The van der Waals surface area contributed by atoms with Gasteiger partial charge in [0.2, 0.25) is 0 Å². The molecular weight excluding hydrogens is 299 g/mol. The minimum atomic E-state index is -4.70. The number of hydrogen-bond acceptors (Lipinski definition) is 3. The number of alkyl halides is 3. The van der Waals surface area contributed by atoms with Gasteiger partial charge in [0.1, 0.15) is 5.60 Å². The molecule has 0 saturated carbocycles. The smallest absolute Gasteiger partial charge is 0.418 e. The van der Waals surface area contributed by atoms with E-state index in [4.69, 9.17) is 4.74 Å². The third-order valence-electron chi connectivity index (χ3n) is 2.62. The largest absolute Gasteiger partial charge is 0.444 e. The molecule has 0 aliphatic heterocycles. The molecule has 1 aromatic rings. The predicted molar refractivity (Wildman–Crippen MR) is 75.9 cm³/mol. The summed E-state index contributed by atoms with van der Waals surface area (Å²) < 4.78 is 44.2. The van der Waals surface area contributed by atoms with Crippen LogP contribution in [0.25, 0.3) is 0 Å². The first-order valence-corrected chi connectivity index (χ1v) is 6.69. The molecule has 1 N–H and O–H groups in total. The molecule has 0 heterocycles. The zero-order valence-electron chi connectivity index (χ0n) is 12.8. The fourth-order valence-corrected chi connectivity index (χ4v) is 1.75. The Balaban J connectivity index is 3.29. The maximum Gasteiger partial charge on any atom is 0.418 e. The van der Waals surface area contributed by atoms with Crippen LogP contribution in [0.2, 0.25) is 0 Å². The molecule has 1 aromatic carbocycles. The molecule has 4 nitrogen and oxygen atoms in total. The number of halogens is 3. The Morgan fingerprint density at radius 1 is 1.18 bits per heavy atom. The number of rotatable bonds is 3. The Kier molecular flexibility index (Phi) is 5.22. The second kappa shape index (κ2) is 6.37. The molecule has 0 aliphatic rings. The van der Waals surface area contributed by atoms with Gasteiger partial charge in [-0.05, 0) is 32.9 Å². The molecule has 0 atom stereocenters. The number of benzene rings is 1. The summed E-state index contributed by atoms with van der Waals surface area (Å²) in [5, 5.41) is 2.06. The van der Waals surface area contributed by atoms with E-state index in [2.05, 4.69) is 5.32 Å². The van der Waals surface area contributed by atoms with Crippen molar-refractivity contribution in [2.45, 2.75) is 45.9 Å². The summed E-state index contributed by atoms with van der Waals surface area (Å²) in [6.45, 7) is 6.28. The van der Waals surface area contributed by atoms with E-state index in [1.54, 1.807) is 20.8 Å². The van der Waals surface area contributed by atoms with Crippen molar-refractivity contribution < 1.29 is 27.5 Å². The van der Waals surface area contributed by atoms with E-state index in [1.165, 1.54) is 13.0 Å². The average molecular weight is 317 g/mol. The Hall–Kier alpha value is -2.05. The number of amides is 1. The van der Waals surface area contributed by atoms with Crippen LogP contribution in [0, 0.1) is 0 Å². The van der Waals surface area contributed by atoms with Crippen LogP contribution in [0.4, 0.5) is 23.7 Å². The van der Waals surface area contributed by atoms with Gasteiger partial charge in [0, 0.05) is 12.0 Å². The van der Waals surface area contributed by atoms with Crippen molar-refractivity contribution in [3.05, 3.63) is 29.3 Å². The second-order valence-corrected chi connectivity index (χ2v) is 5.63. The van der Waals surface area contributed by atoms with Crippen molar-refractivity contribution in [3.63, 3.8) is 0 Å². The SMILES string of the molecule is CCC(=O)c1cccc(C(F)(F)F)c1NC(=O)OC(C)(C)C. The lowest BCUT2D eigenvalue weighted by Gasteiger charge is -2.22. The highest BCUT2D eigenvalue weighted by atomic mass is 19.4. The molecule has 0 spiro atoms. The molecule has 1 rings (SSSR count). The molecule has 0 bridgehead atoms. The number of Topliss-reactive ketones (excluding diaryl/α,β-unsaturated/α-hetero) is 1. The Bertz CT molecular complexity index is 574. The number of carbonyl (C=O) groups excluding carboxylic acids is 2. The fraction of sp³-hybridized carbons (Fsp3) is 0.467. The summed E-state index contributed by atoms with van der Waals surface area (Å²) in [6.07, 6.45) is -5.73. The summed E-state index contributed by atoms with van der Waals surface area (Å²) in [6, 6.07) is 3.18. The number of ketones is 1. The minimum absolute atomic E-state index is 0.0182. The van der Waals surface area contributed by atoms with Crippen molar-refractivity contribution in [1.29, 1.82) is 0 Å². The lowest BCUT2D eigenvalue weighted by molar-refractivity contribution is -0.136. The summed E-state index contributed by atoms with van der Waals surface area (Å²) in [7, 11) is 0. The van der Waals surface area contributed by atoms with Gasteiger partial charge in [-0.3, -0.25) is 10.1 Å². The van der Waals surface area contributed by atoms with Gasteiger partial charge in [0.15, 0.2) is 5.78 Å². The molecule has 0 saturated heterocycles. The first-order chi connectivity index (χ1) is 9.95. The molecule has 0 aromatic heterocycles. The Morgan fingerprint density at radius 3 is 2.23 bits per heavy atom. The average Bonchev–Trinajstić information content (AvgIpc) is 2.34. The predicted octanol–water partition coefficient (Wildman–Crippen LogP) is 4.65. The maximum absolute atomic E-state index is 13.1. The van der Waals surface area contributed by atoms with E-state index >= 15 is 0 Å². The molecule has 0 radical (unpaired) electrons. The van der Waals surface area contributed by atoms with Gasteiger partial charge in [-0.25, -0.2) is 4.79 Å². The Morgan fingerprint density at radius 2 is 1.77 bits per heavy atom. The van der Waals surface area contributed by atoms with Crippen LogP contribution in [0.3, 0.4) is 0 Å². The van der Waals surface area contributed by atoms with Crippen molar-refractivity contribution in [3.8, 4) is 0 Å². The van der Waals surface area contributed by atoms with E-state index in [0.717, 1.165) is 12.1 Å². The van der Waals surface area contributed by atoms with E-state index in [0.29, 0.717) is 0 Å².